The zero-order valence-electron chi connectivity index (χ0n) is 11.4. The van der Waals surface area contributed by atoms with E-state index in [1.165, 1.54) is 0 Å². The topological polar surface area (TPSA) is 67.8 Å². The van der Waals surface area contributed by atoms with Gasteiger partial charge in [0, 0.05) is 24.8 Å². The number of amides is 1. The predicted octanol–water partition coefficient (Wildman–Crippen LogP) is 1.60. The summed E-state index contributed by atoms with van der Waals surface area (Å²) in [5.74, 6) is 1.02. The van der Waals surface area contributed by atoms with Crippen molar-refractivity contribution in [1.82, 2.24) is 5.32 Å². The van der Waals surface area contributed by atoms with Crippen molar-refractivity contribution in [1.29, 1.82) is 0 Å². The number of aliphatic hydroxyl groups is 1. The van der Waals surface area contributed by atoms with Crippen LogP contribution in [0.25, 0.3) is 0 Å². The highest BCUT2D eigenvalue weighted by Crippen LogP contribution is 2.22. The minimum absolute atomic E-state index is 0.152. The third-order valence-electron chi connectivity index (χ3n) is 2.73. The molecule has 0 aromatic heterocycles. The summed E-state index contributed by atoms with van der Waals surface area (Å²) in [7, 11) is 3.09. The maximum absolute atomic E-state index is 11.9. The Hall–Kier alpha value is -1.75. The van der Waals surface area contributed by atoms with Crippen LogP contribution in [0.4, 0.5) is 0 Å². The summed E-state index contributed by atoms with van der Waals surface area (Å²) in [4.78, 5) is 11.9. The van der Waals surface area contributed by atoms with Crippen molar-refractivity contribution in [2.75, 3.05) is 27.4 Å². The molecule has 0 saturated heterocycles. The van der Waals surface area contributed by atoms with E-state index in [4.69, 9.17) is 14.6 Å². The SMILES string of the molecule is COc1cc(OC)cc(C(=O)NCCCCCO)c1. The van der Waals surface area contributed by atoms with Crippen molar-refractivity contribution in [3.05, 3.63) is 23.8 Å². The van der Waals surface area contributed by atoms with E-state index in [9.17, 15) is 4.79 Å². The van der Waals surface area contributed by atoms with Gasteiger partial charge in [-0.2, -0.15) is 0 Å². The first kappa shape index (κ1) is 15.3. The summed E-state index contributed by atoms with van der Waals surface area (Å²) in [5.41, 5.74) is 0.512. The normalized spacial score (nSPS) is 10.1. The number of hydrogen-bond acceptors (Lipinski definition) is 4. The van der Waals surface area contributed by atoms with Gasteiger partial charge in [-0.1, -0.05) is 0 Å². The van der Waals surface area contributed by atoms with Gasteiger partial charge < -0.3 is 19.9 Å². The van der Waals surface area contributed by atoms with Crippen LogP contribution in [-0.2, 0) is 0 Å². The van der Waals surface area contributed by atoms with E-state index in [2.05, 4.69) is 5.32 Å². The third kappa shape index (κ3) is 5.18. The average molecular weight is 267 g/mol. The largest absolute Gasteiger partial charge is 0.497 e. The van der Waals surface area contributed by atoms with Crippen molar-refractivity contribution in [2.24, 2.45) is 0 Å². The van der Waals surface area contributed by atoms with Crippen LogP contribution in [0.5, 0.6) is 11.5 Å². The fourth-order valence-corrected chi connectivity index (χ4v) is 1.66. The fraction of sp³-hybridized carbons (Fsp3) is 0.500. The number of nitrogens with one attached hydrogen (secondary N) is 1. The molecule has 0 aliphatic heterocycles. The number of methoxy groups -OCH3 is 2. The first-order chi connectivity index (χ1) is 9.21. The molecule has 0 heterocycles. The first-order valence-electron chi connectivity index (χ1n) is 6.33. The molecular formula is C14H21NO4. The highest BCUT2D eigenvalue weighted by Gasteiger charge is 2.09. The number of carbonyl (C=O) groups is 1. The molecule has 0 radical (unpaired) electrons. The predicted molar refractivity (Wildman–Crippen MR) is 72.8 cm³/mol. The lowest BCUT2D eigenvalue weighted by Gasteiger charge is -2.09. The van der Waals surface area contributed by atoms with Crippen LogP contribution in [0, 0.1) is 0 Å². The molecule has 5 nitrogen and oxygen atoms in total. The molecule has 0 saturated carbocycles. The molecule has 0 bridgehead atoms. The number of rotatable bonds is 8. The van der Waals surface area contributed by atoms with Crippen molar-refractivity contribution < 1.29 is 19.4 Å². The molecule has 0 fully saturated rings. The molecule has 2 N–H and O–H groups in total. The van der Waals surface area contributed by atoms with Gasteiger partial charge in [0.05, 0.1) is 14.2 Å². The van der Waals surface area contributed by atoms with Gasteiger partial charge in [0.1, 0.15) is 11.5 Å². The van der Waals surface area contributed by atoms with E-state index in [0.29, 0.717) is 23.6 Å². The highest BCUT2D eigenvalue weighted by atomic mass is 16.5. The Balaban J connectivity index is 2.55. The van der Waals surface area contributed by atoms with Crippen LogP contribution < -0.4 is 14.8 Å². The molecule has 1 aromatic rings. The number of hydrogen-bond donors (Lipinski definition) is 2. The molecule has 0 aliphatic rings. The molecule has 1 aromatic carbocycles. The van der Waals surface area contributed by atoms with Gasteiger partial charge in [0.2, 0.25) is 0 Å². The fourth-order valence-electron chi connectivity index (χ4n) is 1.66. The third-order valence-corrected chi connectivity index (χ3v) is 2.73. The van der Waals surface area contributed by atoms with Crippen molar-refractivity contribution in [2.45, 2.75) is 19.3 Å². The lowest BCUT2D eigenvalue weighted by Crippen LogP contribution is -2.24. The number of benzene rings is 1. The molecule has 0 spiro atoms. The number of aliphatic hydroxyl groups excluding tert-OH is 1. The van der Waals surface area contributed by atoms with E-state index in [-0.39, 0.29) is 12.5 Å². The standard InChI is InChI=1S/C14H21NO4/c1-18-12-8-11(9-13(10-12)19-2)14(17)15-6-4-3-5-7-16/h8-10,16H,3-7H2,1-2H3,(H,15,17). The summed E-state index contributed by atoms with van der Waals surface area (Å²) < 4.78 is 10.2. The Kier molecular flexibility index (Phi) is 6.74. The maximum Gasteiger partial charge on any atom is 0.251 e. The Morgan fingerprint density at radius 3 is 2.26 bits per heavy atom. The smallest absolute Gasteiger partial charge is 0.251 e. The molecule has 5 heteroatoms. The van der Waals surface area contributed by atoms with Crippen LogP contribution >= 0.6 is 0 Å². The van der Waals surface area contributed by atoms with Crippen molar-refractivity contribution in [3.63, 3.8) is 0 Å². The van der Waals surface area contributed by atoms with Gasteiger partial charge in [-0.3, -0.25) is 4.79 Å². The lowest BCUT2D eigenvalue weighted by atomic mass is 10.2. The minimum atomic E-state index is -0.152. The zero-order chi connectivity index (χ0) is 14.1. The number of unbranched alkanes of at least 4 members (excludes halogenated alkanes) is 2. The Morgan fingerprint density at radius 1 is 1.11 bits per heavy atom. The van der Waals surface area contributed by atoms with Crippen LogP contribution in [0.1, 0.15) is 29.6 Å². The molecule has 1 rings (SSSR count). The molecular weight excluding hydrogens is 246 g/mol. The van der Waals surface area contributed by atoms with Gasteiger partial charge in [-0.15, -0.1) is 0 Å². The van der Waals surface area contributed by atoms with Crippen LogP contribution in [0.15, 0.2) is 18.2 Å². The maximum atomic E-state index is 11.9. The number of carbonyl (C=O) groups excluding carboxylic acids is 1. The van der Waals surface area contributed by atoms with E-state index in [0.717, 1.165) is 19.3 Å². The summed E-state index contributed by atoms with van der Waals surface area (Å²) in [6.07, 6.45) is 2.52. The van der Waals surface area contributed by atoms with Crippen LogP contribution in [-0.4, -0.2) is 38.4 Å². The Morgan fingerprint density at radius 2 is 1.74 bits per heavy atom. The van der Waals surface area contributed by atoms with Crippen LogP contribution in [0.2, 0.25) is 0 Å². The van der Waals surface area contributed by atoms with Crippen molar-refractivity contribution in [3.8, 4) is 11.5 Å². The van der Waals surface area contributed by atoms with E-state index < -0.39 is 0 Å². The Bertz CT molecular complexity index is 384. The summed E-state index contributed by atoms with van der Waals surface area (Å²) in [6.45, 7) is 0.791. The van der Waals surface area contributed by atoms with Gasteiger partial charge in [0.15, 0.2) is 0 Å². The van der Waals surface area contributed by atoms with E-state index in [1.807, 2.05) is 0 Å². The average Bonchev–Trinajstić information content (AvgIpc) is 2.46. The quantitative estimate of drug-likeness (QED) is 0.702. The second-order valence-corrected chi connectivity index (χ2v) is 4.14. The summed E-state index contributed by atoms with van der Waals surface area (Å²) in [6, 6.07) is 5.06. The van der Waals surface area contributed by atoms with Gasteiger partial charge in [-0.05, 0) is 31.4 Å². The second-order valence-electron chi connectivity index (χ2n) is 4.14. The van der Waals surface area contributed by atoms with Gasteiger partial charge in [-0.25, -0.2) is 0 Å². The molecule has 0 unspecified atom stereocenters. The van der Waals surface area contributed by atoms with E-state index >= 15 is 0 Å². The first-order valence-corrected chi connectivity index (χ1v) is 6.33. The van der Waals surface area contributed by atoms with Crippen molar-refractivity contribution >= 4 is 5.91 Å². The monoisotopic (exact) mass is 267 g/mol. The molecule has 106 valence electrons. The second kappa shape index (κ2) is 8.37. The summed E-state index contributed by atoms with van der Waals surface area (Å²) >= 11 is 0. The molecule has 0 aliphatic carbocycles. The minimum Gasteiger partial charge on any atom is -0.497 e. The summed E-state index contributed by atoms with van der Waals surface area (Å²) in [5, 5.41) is 11.5. The highest BCUT2D eigenvalue weighted by molar-refractivity contribution is 5.95. The van der Waals surface area contributed by atoms with Gasteiger partial charge >= 0.3 is 0 Å². The molecule has 0 atom stereocenters. The van der Waals surface area contributed by atoms with E-state index in [1.54, 1.807) is 32.4 Å². The van der Waals surface area contributed by atoms with Crippen LogP contribution in [0.3, 0.4) is 0 Å². The Labute approximate surface area is 113 Å². The molecule has 1 amide bonds. The zero-order valence-corrected chi connectivity index (χ0v) is 11.4. The van der Waals surface area contributed by atoms with Gasteiger partial charge in [0.25, 0.3) is 5.91 Å². The molecule has 19 heavy (non-hydrogen) atoms. The number of ether oxygens (including phenoxy) is 2. The lowest BCUT2D eigenvalue weighted by molar-refractivity contribution is 0.0952.